The monoisotopic (exact) mass is 560 g/mol. The van der Waals surface area contributed by atoms with E-state index in [1.54, 1.807) is 0 Å². The van der Waals surface area contributed by atoms with Gasteiger partial charge < -0.3 is 19.9 Å². The Morgan fingerprint density at radius 2 is 1.61 bits per heavy atom. The number of aliphatic carboxylic acids is 1. The molecule has 0 aromatic heterocycles. The molecule has 13 heteroatoms. The maximum Gasteiger partial charge on any atom is 1.00 e. The number of ketones is 1. The van der Waals surface area contributed by atoms with E-state index in [2.05, 4.69) is 0 Å². The van der Waals surface area contributed by atoms with Crippen LogP contribution in [-0.2, 0) is 19.7 Å². The third kappa shape index (κ3) is 5.60. The molecule has 9 nitrogen and oxygen atoms in total. The van der Waals surface area contributed by atoms with E-state index >= 15 is 0 Å². The summed E-state index contributed by atoms with van der Waals surface area (Å²) in [6, 6.07) is 4.37. The number of aryl methyl sites for hydroxylation is 1. The molecule has 2 aromatic carbocycles. The SMILES string of the molecule is CC1=C/C(=C(/c2cc(C)c(O)c(C(=O)O)c2)c2c(Cl)ccc(S(=O)(=O)[O-])c2Cl)C=C(C(=O)O)C1=O.[Na+]. The molecule has 36 heavy (non-hydrogen) atoms. The van der Waals surface area contributed by atoms with E-state index in [-0.39, 0.29) is 68.0 Å². The summed E-state index contributed by atoms with van der Waals surface area (Å²) in [5.74, 6) is -4.34. The van der Waals surface area contributed by atoms with Gasteiger partial charge in [-0.2, -0.15) is 0 Å². The molecule has 0 saturated carbocycles. The van der Waals surface area contributed by atoms with Crippen molar-refractivity contribution in [3.05, 3.63) is 85.4 Å². The van der Waals surface area contributed by atoms with Crippen molar-refractivity contribution in [3.63, 3.8) is 0 Å². The van der Waals surface area contributed by atoms with Crippen LogP contribution in [0.2, 0.25) is 10.0 Å². The van der Waals surface area contributed by atoms with Crippen molar-refractivity contribution in [3.8, 4) is 5.75 Å². The first-order chi connectivity index (χ1) is 16.1. The molecule has 0 aliphatic heterocycles. The average Bonchev–Trinajstić information content (AvgIpc) is 2.73. The van der Waals surface area contributed by atoms with Crippen molar-refractivity contribution < 1.29 is 72.2 Å². The Morgan fingerprint density at radius 1 is 1.00 bits per heavy atom. The number of allylic oxidation sites excluding steroid dienone is 4. The van der Waals surface area contributed by atoms with E-state index in [4.69, 9.17) is 23.2 Å². The van der Waals surface area contributed by atoms with Gasteiger partial charge in [-0.3, -0.25) is 4.79 Å². The smallest absolute Gasteiger partial charge is 0.744 e. The van der Waals surface area contributed by atoms with Crippen LogP contribution in [-0.4, -0.2) is 46.0 Å². The summed E-state index contributed by atoms with van der Waals surface area (Å²) in [6.07, 6.45) is 2.29. The maximum atomic E-state index is 12.3. The number of carboxylic acid groups (broad SMARTS) is 2. The minimum absolute atomic E-state index is 0. The largest absolute Gasteiger partial charge is 1.00 e. The molecular formula is C23H15Cl2NaO9S. The molecule has 1 aliphatic rings. The first-order valence-electron chi connectivity index (χ1n) is 9.59. The number of hydrogen-bond donors (Lipinski definition) is 3. The number of phenols is 1. The van der Waals surface area contributed by atoms with E-state index in [1.165, 1.54) is 26.0 Å². The summed E-state index contributed by atoms with van der Waals surface area (Å²) in [6.45, 7) is 2.75. The number of aromatic carboxylic acids is 1. The van der Waals surface area contributed by atoms with Gasteiger partial charge in [0.15, 0.2) is 5.78 Å². The standard InChI is InChI=1S/C23H16Cl2O9S.Na/c1-9-5-11(7-13(20(9)26)22(28)29)17(12-6-10(2)21(27)14(8-12)23(30)31)18-15(24)3-4-16(19(18)25)35(32,33)34;/h3-8,26H,1-2H3,(H,28,29)(H,30,31)(H,32,33,34);/q;+1/p-1/b17-12+;. The van der Waals surface area contributed by atoms with Crippen molar-refractivity contribution in [2.24, 2.45) is 0 Å². The molecule has 0 amide bonds. The van der Waals surface area contributed by atoms with Crippen LogP contribution >= 0.6 is 23.2 Å². The van der Waals surface area contributed by atoms with Gasteiger partial charge in [0.25, 0.3) is 0 Å². The molecule has 3 rings (SSSR count). The van der Waals surface area contributed by atoms with Gasteiger partial charge in [0.05, 0.1) is 14.9 Å². The molecule has 0 heterocycles. The number of carboxylic acids is 2. The molecule has 0 radical (unpaired) electrons. The van der Waals surface area contributed by atoms with E-state index in [0.717, 1.165) is 24.3 Å². The zero-order chi connectivity index (χ0) is 26.4. The topological polar surface area (TPSA) is 169 Å². The van der Waals surface area contributed by atoms with Gasteiger partial charge in [0, 0.05) is 5.56 Å². The van der Waals surface area contributed by atoms with Crippen LogP contribution in [0.1, 0.15) is 34.0 Å². The summed E-state index contributed by atoms with van der Waals surface area (Å²) in [5.41, 5.74) is -1.26. The summed E-state index contributed by atoms with van der Waals surface area (Å²) < 4.78 is 35.3. The van der Waals surface area contributed by atoms with Crippen LogP contribution in [0, 0.1) is 6.92 Å². The number of Topliss-reactive ketones (excluding diaryl/α,β-unsaturated/α-hetero) is 1. The molecule has 0 bridgehead atoms. The molecule has 182 valence electrons. The average molecular weight is 561 g/mol. The number of rotatable bonds is 5. The summed E-state index contributed by atoms with van der Waals surface area (Å²) in [5, 5.41) is 28.5. The Morgan fingerprint density at radius 3 is 2.14 bits per heavy atom. The second-order valence-electron chi connectivity index (χ2n) is 7.53. The third-order valence-electron chi connectivity index (χ3n) is 5.19. The normalized spacial score (nSPS) is 15.0. The van der Waals surface area contributed by atoms with Crippen LogP contribution in [0.15, 0.2) is 58.0 Å². The van der Waals surface area contributed by atoms with Crippen LogP contribution in [0.3, 0.4) is 0 Å². The molecule has 0 fully saturated rings. The second kappa shape index (κ2) is 10.9. The molecular weight excluding hydrogens is 546 g/mol. The van der Waals surface area contributed by atoms with Gasteiger partial charge in [0.1, 0.15) is 27.0 Å². The number of halogens is 2. The molecule has 0 atom stereocenters. The van der Waals surface area contributed by atoms with E-state index in [0.29, 0.717) is 0 Å². The van der Waals surface area contributed by atoms with Crippen molar-refractivity contribution in [1.29, 1.82) is 0 Å². The van der Waals surface area contributed by atoms with Crippen molar-refractivity contribution in [2.75, 3.05) is 0 Å². The number of hydrogen-bond acceptors (Lipinski definition) is 7. The first kappa shape index (κ1) is 29.8. The minimum Gasteiger partial charge on any atom is -0.744 e. The fraction of sp³-hybridized carbons (Fsp3) is 0.0870. The van der Waals surface area contributed by atoms with Gasteiger partial charge >= 0.3 is 41.5 Å². The minimum atomic E-state index is -5.08. The zero-order valence-electron chi connectivity index (χ0n) is 18.9. The molecule has 1 aliphatic carbocycles. The van der Waals surface area contributed by atoms with Gasteiger partial charge in [0.2, 0.25) is 0 Å². The van der Waals surface area contributed by atoms with Gasteiger partial charge in [-0.1, -0.05) is 23.2 Å². The zero-order valence-corrected chi connectivity index (χ0v) is 23.2. The molecule has 2 aromatic rings. The fourth-order valence-electron chi connectivity index (χ4n) is 3.58. The van der Waals surface area contributed by atoms with Crippen LogP contribution in [0.25, 0.3) is 5.57 Å². The molecule has 0 saturated heterocycles. The van der Waals surface area contributed by atoms with Gasteiger partial charge in [-0.25, -0.2) is 18.0 Å². The van der Waals surface area contributed by atoms with E-state index < -0.39 is 54.6 Å². The van der Waals surface area contributed by atoms with Gasteiger partial charge in [-0.05, 0) is 78.1 Å². The molecule has 3 N–H and O–H groups in total. The summed E-state index contributed by atoms with van der Waals surface area (Å²) in [4.78, 5) is 34.9. The van der Waals surface area contributed by atoms with Crippen molar-refractivity contribution in [2.45, 2.75) is 18.7 Å². The second-order valence-corrected chi connectivity index (χ2v) is 9.67. The number of carbonyl (C=O) groups excluding carboxylic acids is 1. The Kier molecular flexibility index (Phi) is 9.01. The Bertz CT molecular complexity index is 1540. The summed E-state index contributed by atoms with van der Waals surface area (Å²) in [7, 11) is -5.08. The Balaban J connectivity index is 0.00000456. The van der Waals surface area contributed by atoms with Gasteiger partial charge in [-0.15, -0.1) is 0 Å². The quantitative estimate of drug-likeness (QED) is 0.273. The Labute approximate surface area is 237 Å². The van der Waals surface area contributed by atoms with E-state index in [1.807, 2.05) is 0 Å². The van der Waals surface area contributed by atoms with Crippen LogP contribution in [0.4, 0.5) is 0 Å². The Hall–Kier alpha value is -2.44. The van der Waals surface area contributed by atoms with E-state index in [9.17, 15) is 42.7 Å². The fourth-order valence-corrected chi connectivity index (χ4v) is 4.97. The predicted octanol–water partition coefficient (Wildman–Crippen LogP) is 0.956. The number of carbonyl (C=O) groups is 3. The van der Waals surface area contributed by atoms with Crippen LogP contribution < -0.4 is 29.6 Å². The molecule has 0 spiro atoms. The van der Waals surface area contributed by atoms with Crippen molar-refractivity contribution >= 4 is 56.6 Å². The van der Waals surface area contributed by atoms with Crippen molar-refractivity contribution in [1.82, 2.24) is 0 Å². The van der Waals surface area contributed by atoms with Crippen LogP contribution in [0.5, 0.6) is 5.75 Å². The summed E-state index contributed by atoms with van der Waals surface area (Å²) >= 11 is 12.7. The third-order valence-corrected chi connectivity index (χ3v) is 6.89. The predicted molar refractivity (Wildman–Crippen MR) is 125 cm³/mol. The number of benzene rings is 2. The molecule has 0 unspecified atom stereocenters. The first-order valence-corrected chi connectivity index (χ1v) is 11.7. The number of aromatic hydroxyl groups is 1. The maximum absolute atomic E-state index is 12.3.